The molecule has 3 aromatic carbocycles. The number of β-amino-alcohol motifs (C(OH)–C–C–N with tert-alkyl or cyclic N) is 1. The Kier molecular flexibility index (Phi) is 11.0. The standard InChI is InChI=1S/C33H34ClFN4O5S/c1-42-30-17-25-27(18-31(30)43-20-24(40)19-39-13-3-2-4-14-39)36-12-11-28(25)44-29-10-9-23(16-26(29)35)37-33(45)38-32(41)15-21-5-7-22(34)8-6-21/h5-12,16-18,24,40H,2-4,13-15,19-20H2,1H3,(H2,37,38,41,45). The van der Waals surface area contributed by atoms with Gasteiger partial charge in [-0.15, -0.1) is 0 Å². The highest BCUT2D eigenvalue weighted by atomic mass is 35.5. The third kappa shape index (κ3) is 9.01. The molecule has 1 aliphatic heterocycles. The Bertz CT molecular complexity index is 1650. The van der Waals surface area contributed by atoms with Crippen molar-refractivity contribution in [3.05, 3.63) is 83.3 Å². The van der Waals surface area contributed by atoms with Gasteiger partial charge in [-0.05, 0) is 80.1 Å². The second-order valence-corrected chi connectivity index (χ2v) is 11.6. The number of ether oxygens (including phenoxy) is 3. The fourth-order valence-electron chi connectivity index (χ4n) is 5.07. The molecule has 1 fully saturated rings. The zero-order valence-electron chi connectivity index (χ0n) is 24.7. The van der Waals surface area contributed by atoms with Gasteiger partial charge < -0.3 is 34.9 Å². The summed E-state index contributed by atoms with van der Waals surface area (Å²) in [7, 11) is 1.52. The number of fused-ring (bicyclic) bond motifs is 1. The summed E-state index contributed by atoms with van der Waals surface area (Å²) in [6.45, 7) is 2.63. The van der Waals surface area contributed by atoms with Gasteiger partial charge in [-0.25, -0.2) is 4.39 Å². The van der Waals surface area contributed by atoms with Gasteiger partial charge in [-0.3, -0.25) is 9.78 Å². The number of piperidine rings is 1. The van der Waals surface area contributed by atoms with Crippen molar-refractivity contribution in [2.24, 2.45) is 0 Å². The Morgan fingerprint density at radius 3 is 2.56 bits per heavy atom. The number of likely N-dealkylation sites (tertiary alicyclic amines) is 1. The van der Waals surface area contributed by atoms with Crippen molar-refractivity contribution in [3.8, 4) is 23.0 Å². The van der Waals surface area contributed by atoms with Crippen LogP contribution in [0.3, 0.4) is 0 Å². The maximum Gasteiger partial charge on any atom is 0.230 e. The van der Waals surface area contributed by atoms with E-state index in [0.29, 0.717) is 45.4 Å². The molecule has 12 heteroatoms. The van der Waals surface area contributed by atoms with Crippen LogP contribution >= 0.6 is 23.8 Å². The summed E-state index contributed by atoms with van der Waals surface area (Å²) in [6, 6.07) is 16.2. The van der Waals surface area contributed by atoms with Crippen molar-refractivity contribution in [3.63, 3.8) is 0 Å². The number of pyridine rings is 1. The number of nitrogens with one attached hydrogen (secondary N) is 2. The topological polar surface area (TPSA) is 105 Å². The molecule has 236 valence electrons. The van der Waals surface area contributed by atoms with E-state index in [1.54, 1.807) is 54.7 Å². The van der Waals surface area contributed by atoms with Crippen LogP contribution in [0.4, 0.5) is 10.1 Å². The number of rotatable bonds is 11. The second-order valence-electron chi connectivity index (χ2n) is 10.7. The lowest BCUT2D eigenvalue weighted by atomic mass is 10.1. The normalized spacial score (nSPS) is 14.0. The van der Waals surface area contributed by atoms with Crippen LogP contribution in [0, 0.1) is 5.82 Å². The molecule has 0 radical (unpaired) electrons. The number of aliphatic hydroxyl groups is 1. The molecular weight excluding hydrogens is 619 g/mol. The number of benzene rings is 3. The highest BCUT2D eigenvalue weighted by molar-refractivity contribution is 7.80. The lowest BCUT2D eigenvalue weighted by Gasteiger charge is -2.28. The van der Waals surface area contributed by atoms with Gasteiger partial charge in [0, 0.05) is 41.0 Å². The van der Waals surface area contributed by atoms with Crippen molar-refractivity contribution < 1.29 is 28.5 Å². The number of hydrogen-bond acceptors (Lipinski definition) is 8. The monoisotopic (exact) mass is 652 g/mol. The van der Waals surface area contributed by atoms with Crippen molar-refractivity contribution in [1.82, 2.24) is 15.2 Å². The van der Waals surface area contributed by atoms with Crippen LogP contribution in [0.1, 0.15) is 24.8 Å². The van der Waals surface area contributed by atoms with Crippen molar-refractivity contribution in [1.29, 1.82) is 0 Å². The van der Waals surface area contributed by atoms with Crippen LogP contribution in [0.25, 0.3) is 10.9 Å². The smallest absolute Gasteiger partial charge is 0.230 e. The van der Waals surface area contributed by atoms with Gasteiger partial charge in [0.2, 0.25) is 5.91 Å². The minimum atomic E-state index is -0.647. The summed E-state index contributed by atoms with van der Waals surface area (Å²) in [5, 5.41) is 17.1. The number of carbonyl (C=O) groups excluding carboxylic acids is 1. The minimum Gasteiger partial charge on any atom is -0.493 e. The van der Waals surface area contributed by atoms with E-state index in [-0.39, 0.29) is 29.8 Å². The number of amides is 1. The van der Waals surface area contributed by atoms with Crippen LogP contribution in [0.2, 0.25) is 5.02 Å². The Hall–Kier alpha value is -4.03. The molecule has 1 aromatic heterocycles. The van der Waals surface area contributed by atoms with E-state index < -0.39 is 11.9 Å². The largest absolute Gasteiger partial charge is 0.493 e. The summed E-state index contributed by atoms with van der Waals surface area (Å²) in [5.41, 5.74) is 1.66. The molecule has 1 unspecified atom stereocenters. The molecule has 0 saturated carbocycles. The Labute approximate surface area is 271 Å². The highest BCUT2D eigenvalue weighted by Gasteiger charge is 2.18. The van der Waals surface area contributed by atoms with Crippen LogP contribution in [-0.4, -0.2) is 65.5 Å². The molecule has 1 aliphatic rings. The minimum absolute atomic E-state index is 0.0223. The molecule has 0 spiro atoms. The molecule has 1 saturated heterocycles. The molecular formula is C33H34ClFN4O5S. The first-order valence-corrected chi connectivity index (χ1v) is 15.4. The third-order valence-electron chi connectivity index (χ3n) is 7.28. The van der Waals surface area contributed by atoms with Gasteiger partial charge >= 0.3 is 0 Å². The van der Waals surface area contributed by atoms with Crippen LogP contribution in [0.15, 0.2) is 66.9 Å². The Balaban J connectivity index is 1.21. The van der Waals surface area contributed by atoms with Gasteiger partial charge in [0.05, 0.1) is 19.0 Å². The van der Waals surface area contributed by atoms with Gasteiger partial charge in [0.1, 0.15) is 18.5 Å². The number of aromatic nitrogens is 1. The molecule has 45 heavy (non-hydrogen) atoms. The van der Waals surface area contributed by atoms with Crippen LogP contribution < -0.4 is 24.8 Å². The van der Waals surface area contributed by atoms with Crippen LogP contribution in [-0.2, 0) is 11.2 Å². The zero-order valence-corrected chi connectivity index (χ0v) is 26.3. The van der Waals surface area contributed by atoms with E-state index in [2.05, 4.69) is 20.5 Å². The van der Waals surface area contributed by atoms with E-state index >= 15 is 4.39 Å². The molecule has 9 nitrogen and oxygen atoms in total. The van der Waals surface area contributed by atoms with Crippen LogP contribution in [0.5, 0.6) is 23.0 Å². The number of halogens is 2. The Morgan fingerprint density at radius 2 is 1.82 bits per heavy atom. The maximum absolute atomic E-state index is 15.1. The second kappa shape index (κ2) is 15.3. The molecule has 1 atom stereocenters. The predicted molar refractivity (Wildman–Crippen MR) is 176 cm³/mol. The Morgan fingerprint density at radius 1 is 1.04 bits per heavy atom. The molecule has 5 rings (SSSR count). The number of nitrogens with zero attached hydrogens (tertiary/aromatic N) is 2. The molecule has 1 amide bonds. The van der Waals surface area contributed by atoms with Crippen molar-refractivity contribution >= 4 is 51.4 Å². The molecule has 4 aromatic rings. The summed E-state index contributed by atoms with van der Waals surface area (Å²) in [4.78, 5) is 19.0. The quantitative estimate of drug-likeness (QED) is 0.166. The fraction of sp³-hybridized carbons (Fsp3) is 0.303. The lowest BCUT2D eigenvalue weighted by molar-refractivity contribution is -0.119. The number of aliphatic hydroxyl groups excluding tert-OH is 1. The number of anilines is 1. The van der Waals surface area contributed by atoms with E-state index in [0.717, 1.165) is 31.5 Å². The van der Waals surface area contributed by atoms with Gasteiger partial charge in [0.15, 0.2) is 28.2 Å². The first kappa shape index (κ1) is 32.4. The molecule has 0 aliphatic carbocycles. The summed E-state index contributed by atoms with van der Waals surface area (Å²) < 4.78 is 32.6. The summed E-state index contributed by atoms with van der Waals surface area (Å²) in [5.74, 6) is 0.236. The predicted octanol–water partition coefficient (Wildman–Crippen LogP) is 6.11. The number of thiocarbonyl (C=S) groups is 1. The number of carbonyl (C=O) groups is 1. The molecule has 3 N–H and O–H groups in total. The van der Waals surface area contributed by atoms with E-state index in [9.17, 15) is 9.90 Å². The van der Waals surface area contributed by atoms with E-state index in [1.807, 2.05) is 0 Å². The van der Waals surface area contributed by atoms with Crippen molar-refractivity contribution in [2.75, 3.05) is 38.7 Å². The summed E-state index contributed by atoms with van der Waals surface area (Å²) >= 11 is 11.1. The molecule has 2 heterocycles. The first-order chi connectivity index (χ1) is 21.8. The fourth-order valence-corrected chi connectivity index (χ4v) is 5.43. The average molecular weight is 653 g/mol. The first-order valence-electron chi connectivity index (χ1n) is 14.6. The van der Waals surface area contributed by atoms with Crippen molar-refractivity contribution in [2.45, 2.75) is 31.8 Å². The van der Waals surface area contributed by atoms with Gasteiger partial charge in [0.25, 0.3) is 0 Å². The van der Waals surface area contributed by atoms with E-state index in [4.69, 9.17) is 38.0 Å². The maximum atomic E-state index is 15.1. The van der Waals surface area contributed by atoms with Gasteiger partial charge in [-0.2, -0.15) is 0 Å². The van der Waals surface area contributed by atoms with E-state index in [1.165, 1.54) is 25.7 Å². The molecule has 0 bridgehead atoms. The average Bonchev–Trinajstić information content (AvgIpc) is 3.02. The highest BCUT2D eigenvalue weighted by Crippen LogP contribution is 2.38. The number of methoxy groups -OCH3 is 1. The SMILES string of the molecule is COc1cc2c(Oc3ccc(NC(=S)NC(=O)Cc4ccc(Cl)cc4)cc3F)ccnc2cc1OCC(O)CN1CCCCC1. The van der Waals surface area contributed by atoms with Gasteiger partial charge in [-0.1, -0.05) is 30.2 Å². The lowest BCUT2D eigenvalue weighted by Crippen LogP contribution is -2.38. The zero-order chi connectivity index (χ0) is 31.8. The third-order valence-corrected chi connectivity index (χ3v) is 7.73. The summed E-state index contributed by atoms with van der Waals surface area (Å²) in [6.07, 6.45) is 4.54. The number of hydrogen-bond donors (Lipinski definition) is 3.